The van der Waals surface area contributed by atoms with E-state index in [2.05, 4.69) is 29.3 Å². The van der Waals surface area contributed by atoms with Gasteiger partial charge in [0, 0.05) is 17.6 Å². The Bertz CT molecular complexity index is 1030. The normalized spacial score (nSPS) is 15.6. The van der Waals surface area contributed by atoms with Gasteiger partial charge in [-0.15, -0.1) is 11.3 Å². The van der Waals surface area contributed by atoms with Crippen LogP contribution in [0.1, 0.15) is 45.1 Å². The Morgan fingerprint density at radius 1 is 1.13 bits per heavy atom. The fourth-order valence-corrected chi connectivity index (χ4v) is 4.60. The summed E-state index contributed by atoms with van der Waals surface area (Å²) in [7, 11) is 0. The van der Waals surface area contributed by atoms with Crippen LogP contribution in [0.25, 0.3) is 0 Å². The highest BCUT2D eigenvalue weighted by Gasteiger charge is 2.19. The first-order chi connectivity index (χ1) is 15.2. The molecule has 1 aliphatic rings. The number of aryl methyl sites for hydroxylation is 1. The Labute approximate surface area is 188 Å². The molecule has 1 atom stereocenters. The van der Waals surface area contributed by atoms with Crippen LogP contribution in [0.4, 0.5) is 0 Å². The monoisotopic (exact) mass is 432 g/mol. The molecular weight excluding hydrogens is 404 g/mol. The summed E-state index contributed by atoms with van der Waals surface area (Å²) in [4.78, 5) is 21.4. The van der Waals surface area contributed by atoms with Gasteiger partial charge < -0.3 is 9.64 Å². The molecule has 3 aromatic rings. The van der Waals surface area contributed by atoms with Crippen molar-refractivity contribution in [2.75, 3.05) is 6.61 Å². The van der Waals surface area contributed by atoms with Gasteiger partial charge in [0.25, 0.3) is 5.91 Å². The summed E-state index contributed by atoms with van der Waals surface area (Å²) in [6.07, 6.45) is 9.68. The number of aromatic nitrogens is 1. The molecule has 4 nitrogen and oxygen atoms in total. The Balaban J connectivity index is 1.47. The average molecular weight is 433 g/mol. The van der Waals surface area contributed by atoms with Gasteiger partial charge in [-0.1, -0.05) is 30.4 Å². The molecule has 1 unspecified atom stereocenters. The van der Waals surface area contributed by atoms with E-state index in [-0.39, 0.29) is 5.91 Å². The molecule has 1 amide bonds. The number of hydrogen-bond acceptors (Lipinski definition) is 4. The maximum Gasteiger partial charge on any atom is 0.264 e. The van der Waals surface area contributed by atoms with Gasteiger partial charge in [-0.3, -0.25) is 9.78 Å². The summed E-state index contributed by atoms with van der Waals surface area (Å²) in [5, 5.41) is 0. The lowest BCUT2D eigenvalue weighted by molar-refractivity contribution is 0.0732. The fraction of sp³-hybridized carbons (Fsp3) is 0.308. The first-order valence-corrected chi connectivity index (χ1v) is 11.6. The van der Waals surface area contributed by atoms with Crippen molar-refractivity contribution in [2.45, 2.75) is 39.3 Å². The van der Waals surface area contributed by atoms with Crippen molar-refractivity contribution >= 4 is 17.2 Å². The van der Waals surface area contributed by atoms with Crippen LogP contribution in [0.5, 0.6) is 5.75 Å². The van der Waals surface area contributed by atoms with E-state index >= 15 is 0 Å². The van der Waals surface area contributed by atoms with E-state index in [9.17, 15) is 4.79 Å². The van der Waals surface area contributed by atoms with E-state index < -0.39 is 0 Å². The lowest BCUT2D eigenvalue weighted by atomic mass is 9.95. The molecule has 1 aliphatic carbocycles. The Hall–Kier alpha value is -2.92. The van der Waals surface area contributed by atoms with Crippen molar-refractivity contribution in [1.29, 1.82) is 0 Å². The molecule has 0 saturated heterocycles. The van der Waals surface area contributed by atoms with Gasteiger partial charge in [0.1, 0.15) is 5.75 Å². The third-order valence-corrected chi connectivity index (χ3v) is 6.44. The third-order valence-electron chi connectivity index (χ3n) is 5.45. The standard InChI is InChI=1S/C26H28N2O2S/c1-20-13-14-25(31-20)26(29)28(18-23-11-5-6-15-27-23)17-22-10-7-12-24(16-22)30-19-21-8-3-2-4-9-21/h2-3,5-7,10-16,21H,4,8-9,17-19H2,1H3. The van der Waals surface area contributed by atoms with Crippen molar-refractivity contribution in [3.05, 3.63) is 94.0 Å². The predicted molar refractivity (Wildman–Crippen MR) is 125 cm³/mol. The van der Waals surface area contributed by atoms with Crippen molar-refractivity contribution in [2.24, 2.45) is 5.92 Å². The maximum atomic E-state index is 13.3. The van der Waals surface area contributed by atoms with Gasteiger partial charge in [-0.25, -0.2) is 0 Å². The summed E-state index contributed by atoms with van der Waals surface area (Å²) < 4.78 is 6.09. The molecule has 0 bridgehead atoms. The van der Waals surface area contributed by atoms with Gasteiger partial charge >= 0.3 is 0 Å². The highest BCUT2D eigenvalue weighted by molar-refractivity contribution is 7.13. The van der Waals surface area contributed by atoms with Crippen molar-refractivity contribution < 1.29 is 9.53 Å². The fourth-order valence-electron chi connectivity index (χ4n) is 3.77. The summed E-state index contributed by atoms with van der Waals surface area (Å²) in [6, 6.07) is 17.8. The molecule has 0 aliphatic heterocycles. The Kier molecular flexibility index (Phi) is 7.15. The van der Waals surface area contributed by atoms with Crippen LogP contribution < -0.4 is 4.74 Å². The van der Waals surface area contributed by atoms with E-state index in [1.165, 1.54) is 17.8 Å². The van der Waals surface area contributed by atoms with E-state index in [0.29, 0.717) is 19.0 Å². The Morgan fingerprint density at radius 3 is 2.81 bits per heavy atom. The molecule has 0 spiro atoms. The van der Waals surface area contributed by atoms with Crippen LogP contribution in [-0.2, 0) is 13.1 Å². The molecule has 0 N–H and O–H groups in total. The molecular formula is C26H28N2O2S. The summed E-state index contributed by atoms with van der Waals surface area (Å²) >= 11 is 1.53. The molecule has 0 radical (unpaired) electrons. The van der Waals surface area contributed by atoms with Crippen LogP contribution >= 0.6 is 11.3 Å². The predicted octanol–water partition coefficient (Wildman–Crippen LogP) is 6.03. The lowest BCUT2D eigenvalue weighted by Crippen LogP contribution is -2.30. The minimum Gasteiger partial charge on any atom is -0.493 e. The van der Waals surface area contributed by atoms with Crippen LogP contribution in [0, 0.1) is 12.8 Å². The van der Waals surface area contributed by atoms with E-state index in [4.69, 9.17) is 4.74 Å². The smallest absolute Gasteiger partial charge is 0.264 e. The zero-order valence-electron chi connectivity index (χ0n) is 17.9. The van der Waals surface area contributed by atoms with Gasteiger partial charge in [0.05, 0.1) is 23.7 Å². The van der Waals surface area contributed by atoms with Crippen LogP contribution in [0.2, 0.25) is 0 Å². The van der Waals surface area contributed by atoms with Gasteiger partial charge in [0.15, 0.2) is 0 Å². The minimum absolute atomic E-state index is 0.0315. The third kappa shape index (κ3) is 6.05. The minimum atomic E-state index is 0.0315. The molecule has 31 heavy (non-hydrogen) atoms. The van der Waals surface area contributed by atoms with Gasteiger partial charge in [-0.05, 0) is 74.1 Å². The summed E-state index contributed by atoms with van der Waals surface area (Å²) in [5.41, 5.74) is 1.93. The van der Waals surface area contributed by atoms with Gasteiger partial charge in [0.2, 0.25) is 0 Å². The zero-order valence-corrected chi connectivity index (χ0v) is 18.7. The van der Waals surface area contributed by atoms with Crippen molar-refractivity contribution in [1.82, 2.24) is 9.88 Å². The van der Waals surface area contributed by atoms with Crippen molar-refractivity contribution in [3.8, 4) is 5.75 Å². The molecule has 0 saturated carbocycles. The number of nitrogens with zero attached hydrogens (tertiary/aromatic N) is 2. The number of carbonyl (C=O) groups is 1. The number of benzene rings is 1. The zero-order chi connectivity index (χ0) is 21.5. The summed E-state index contributed by atoms with van der Waals surface area (Å²) in [5.74, 6) is 1.48. The molecule has 2 aromatic heterocycles. The number of carbonyl (C=O) groups excluding carboxylic acids is 1. The first kappa shape index (κ1) is 21.3. The number of allylic oxidation sites excluding steroid dienone is 2. The van der Waals surface area contributed by atoms with Crippen LogP contribution in [0.15, 0.2) is 72.9 Å². The SMILES string of the molecule is Cc1ccc(C(=O)N(Cc2cccc(OCC3CC=CCC3)c2)Cc2ccccn2)s1. The largest absolute Gasteiger partial charge is 0.493 e. The van der Waals surface area contributed by atoms with Crippen LogP contribution in [0.3, 0.4) is 0 Å². The molecule has 0 fully saturated rings. The first-order valence-electron chi connectivity index (χ1n) is 10.8. The van der Waals surface area contributed by atoms with Crippen molar-refractivity contribution in [3.63, 3.8) is 0 Å². The second kappa shape index (κ2) is 10.4. The molecule has 160 valence electrons. The number of rotatable bonds is 8. The molecule has 1 aromatic carbocycles. The lowest BCUT2D eigenvalue weighted by Gasteiger charge is -2.23. The Morgan fingerprint density at radius 2 is 2.06 bits per heavy atom. The number of pyridine rings is 1. The van der Waals surface area contributed by atoms with E-state index in [1.807, 2.05) is 54.3 Å². The average Bonchev–Trinajstić information content (AvgIpc) is 3.25. The molecule has 4 rings (SSSR count). The highest BCUT2D eigenvalue weighted by Crippen LogP contribution is 2.23. The summed E-state index contributed by atoms with van der Waals surface area (Å²) in [6.45, 7) is 3.73. The molecule has 2 heterocycles. The van der Waals surface area contributed by atoms with E-state index in [0.717, 1.165) is 46.2 Å². The second-order valence-electron chi connectivity index (χ2n) is 8.00. The quantitative estimate of drug-likeness (QED) is 0.408. The number of amides is 1. The van der Waals surface area contributed by atoms with Gasteiger partial charge in [-0.2, -0.15) is 0 Å². The number of thiophene rings is 1. The number of ether oxygens (including phenoxy) is 1. The second-order valence-corrected chi connectivity index (χ2v) is 9.29. The van der Waals surface area contributed by atoms with Crippen LogP contribution in [-0.4, -0.2) is 22.4 Å². The number of hydrogen-bond donors (Lipinski definition) is 0. The van der Waals surface area contributed by atoms with E-state index in [1.54, 1.807) is 6.20 Å². The molecule has 5 heteroatoms. The highest BCUT2D eigenvalue weighted by atomic mass is 32.1. The topological polar surface area (TPSA) is 42.4 Å². The maximum absolute atomic E-state index is 13.3.